The Morgan fingerprint density at radius 1 is 0.967 bits per heavy atom. The third kappa shape index (κ3) is 4.54. The van der Waals surface area contributed by atoms with Crippen LogP contribution in [-0.4, -0.2) is 31.4 Å². The van der Waals surface area contributed by atoms with E-state index in [4.69, 9.17) is 14.6 Å². The molecule has 2 aromatic heterocycles. The summed E-state index contributed by atoms with van der Waals surface area (Å²) in [5.41, 5.74) is 8.42. The number of hydrogen-bond donors (Lipinski definition) is 3. The van der Waals surface area contributed by atoms with Gasteiger partial charge in [-0.1, -0.05) is 0 Å². The quantitative estimate of drug-likeness (QED) is 0.383. The summed E-state index contributed by atoms with van der Waals surface area (Å²) in [6.45, 7) is 6.78. The standard InChI is InChI=1S/C22H27N3O5/c1-12-9-20(28)30-21-13(2)22-17(10-15(12)21)16(14(3)29-22)11-19(27)24-7-4-5-18(26)25-8-6-23/h9-10H,4-8,11,23H2,1-3H3,(H,24,27)(H,25,26). The minimum Gasteiger partial charge on any atom is -0.461 e. The molecule has 30 heavy (non-hydrogen) atoms. The van der Waals surface area contributed by atoms with E-state index in [1.807, 2.05) is 26.8 Å². The number of carbonyl (C=O) groups excluding carboxylic acids is 2. The number of amides is 2. The molecule has 160 valence electrons. The molecule has 2 amide bonds. The van der Waals surface area contributed by atoms with E-state index in [1.54, 1.807) is 0 Å². The van der Waals surface area contributed by atoms with E-state index in [0.29, 0.717) is 49.4 Å². The first-order valence-corrected chi connectivity index (χ1v) is 10.0. The van der Waals surface area contributed by atoms with Crippen molar-refractivity contribution in [3.63, 3.8) is 0 Å². The summed E-state index contributed by atoms with van der Waals surface area (Å²) in [7, 11) is 0. The zero-order chi connectivity index (χ0) is 21.8. The van der Waals surface area contributed by atoms with Gasteiger partial charge in [0, 0.05) is 54.0 Å². The number of nitrogens with one attached hydrogen (secondary N) is 2. The van der Waals surface area contributed by atoms with Crippen LogP contribution >= 0.6 is 0 Å². The fraction of sp³-hybridized carbons (Fsp3) is 0.409. The van der Waals surface area contributed by atoms with Gasteiger partial charge in [-0.25, -0.2) is 4.79 Å². The minimum atomic E-state index is -0.401. The van der Waals surface area contributed by atoms with Crippen LogP contribution in [0.1, 0.15) is 35.3 Å². The lowest BCUT2D eigenvalue weighted by molar-refractivity contribution is -0.122. The zero-order valence-corrected chi connectivity index (χ0v) is 17.5. The molecular formula is C22H27N3O5. The number of fused-ring (bicyclic) bond motifs is 2. The molecule has 0 atom stereocenters. The van der Waals surface area contributed by atoms with Crippen molar-refractivity contribution in [2.24, 2.45) is 5.73 Å². The van der Waals surface area contributed by atoms with Crippen LogP contribution in [0.5, 0.6) is 0 Å². The molecule has 3 rings (SSSR count). The smallest absolute Gasteiger partial charge is 0.336 e. The van der Waals surface area contributed by atoms with E-state index >= 15 is 0 Å². The Morgan fingerprint density at radius 2 is 1.67 bits per heavy atom. The van der Waals surface area contributed by atoms with Crippen LogP contribution in [0.4, 0.5) is 0 Å². The van der Waals surface area contributed by atoms with Gasteiger partial charge in [-0.15, -0.1) is 0 Å². The molecule has 1 aromatic carbocycles. The maximum Gasteiger partial charge on any atom is 0.336 e. The summed E-state index contributed by atoms with van der Waals surface area (Å²) in [6, 6.07) is 3.37. The first-order valence-electron chi connectivity index (χ1n) is 10.0. The summed E-state index contributed by atoms with van der Waals surface area (Å²) in [4.78, 5) is 35.8. The summed E-state index contributed by atoms with van der Waals surface area (Å²) in [6.07, 6.45) is 1.05. The lowest BCUT2D eigenvalue weighted by atomic mass is 10.0. The molecule has 4 N–H and O–H groups in total. The fourth-order valence-electron chi connectivity index (χ4n) is 3.57. The van der Waals surface area contributed by atoms with Gasteiger partial charge in [-0.2, -0.15) is 0 Å². The second-order valence-corrected chi connectivity index (χ2v) is 7.41. The SMILES string of the molecule is Cc1oc2c(C)c3oc(=O)cc(C)c3cc2c1CC(=O)NCCCC(=O)NCCN. The molecule has 2 heterocycles. The molecular weight excluding hydrogens is 386 g/mol. The Hall–Kier alpha value is -3.13. The van der Waals surface area contributed by atoms with Crippen molar-refractivity contribution in [3.8, 4) is 0 Å². The third-order valence-electron chi connectivity index (χ3n) is 5.13. The predicted molar refractivity (Wildman–Crippen MR) is 114 cm³/mol. The van der Waals surface area contributed by atoms with Crippen LogP contribution in [0, 0.1) is 20.8 Å². The topological polar surface area (TPSA) is 128 Å². The Bertz CT molecular complexity index is 1160. The van der Waals surface area contributed by atoms with E-state index in [9.17, 15) is 14.4 Å². The summed E-state index contributed by atoms with van der Waals surface area (Å²) < 4.78 is 11.3. The molecule has 8 heteroatoms. The molecule has 0 aliphatic carbocycles. The highest BCUT2D eigenvalue weighted by atomic mass is 16.4. The van der Waals surface area contributed by atoms with Crippen molar-refractivity contribution >= 4 is 33.8 Å². The Balaban J connectivity index is 1.75. The average Bonchev–Trinajstić information content (AvgIpc) is 3.00. The molecule has 8 nitrogen and oxygen atoms in total. The molecule has 0 radical (unpaired) electrons. The van der Waals surface area contributed by atoms with Gasteiger partial charge < -0.3 is 25.2 Å². The van der Waals surface area contributed by atoms with Gasteiger partial charge in [0.15, 0.2) is 0 Å². The van der Waals surface area contributed by atoms with Crippen molar-refractivity contribution in [2.45, 2.75) is 40.0 Å². The highest BCUT2D eigenvalue weighted by Gasteiger charge is 2.19. The summed E-state index contributed by atoms with van der Waals surface area (Å²) in [5, 5.41) is 7.21. The van der Waals surface area contributed by atoms with Gasteiger partial charge in [-0.3, -0.25) is 9.59 Å². The Morgan fingerprint density at radius 3 is 2.40 bits per heavy atom. The van der Waals surface area contributed by atoms with Crippen molar-refractivity contribution in [2.75, 3.05) is 19.6 Å². The van der Waals surface area contributed by atoms with Gasteiger partial charge in [0.05, 0.1) is 6.42 Å². The van der Waals surface area contributed by atoms with E-state index in [-0.39, 0.29) is 18.2 Å². The molecule has 0 saturated heterocycles. The van der Waals surface area contributed by atoms with Crippen molar-refractivity contribution in [1.82, 2.24) is 10.6 Å². The first kappa shape index (κ1) is 21.6. The second kappa shape index (κ2) is 9.13. The normalized spacial score (nSPS) is 11.2. The minimum absolute atomic E-state index is 0.0734. The largest absolute Gasteiger partial charge is 0.461 e. The van der Waals surface area contributed by atoms with Crippen LogP contribution in [0.2, 0.25) is 0 Å². The van der Waals surface area contributed by atoms with E-state index < -0.39 is 5.63 Å². The molecule has 0 spiro atoms. The molecule has 3 aromatic rings. The number of benzene rings is 1. The number of furan rings is 1. The predicted octanol–water partition coefficient (Wildman–Crippen LogP) is 1.98. The molecule has 0 aliphatic rings. The number of rotatable bonds is 8. The van der Waals surface area contributed by atoms with E-state index in [0.717, 1.165) is 27.5 Å². The lowest BCUT2D eigenvalue weighted by Gasteiger charge is -2.07. The lowest BCUT2D eigenvalue weighted by Crippen LogP contribution is -2.30. The molecule has 0 unspecified atom stereocenters. The van der Waals surface area contributed by atoms with E-state index in [1.165, 1.54) is 6.07 Å². The maximum absolute atomic E-state index is 12.5. The van der Waals surface area contributed by atoms with Crippen LogP contribution < -0.4 is 22.0 Å². The number of carbonyl (C=O) groups is 2. The van der Waals surface area contributed by atoms with Crippen LogP contribution in [0.3, 0.4) is 0 Å². The van der Waals surface area contributed by atoms with Crippen LogP contribution in [0.25, 0.3) is 21.9 Å². The van der Waals surface area contributed by atoms with Gasteiger partial charge >= 0.3 is 5.63 Å². The van der Waals surface area contributed by atoms with Crippen molar-refractivity contribution < 1.29 is 18.4 Å². The molecule has 0 bridgehead atoms. The average molecular weight is 413 g/mol. The monoisotopic (exact) mass is 413 g/mol. The van der Waals surface area contributed by atoms with Crippen LogP contribution in [-0.2, 0) is 16.0 Å². The van der Waals surface area contributed by atoms with Crippen molar-refractivity contribution in [3.05, 3.63) is 45.0 Å². The van der Waals surface area contributed by atoms with Gasteiger partial charge in [0.25, 0.3) is 0 Å². The fourth-order valence-corrected chi connectivity index (χ4v) is 3.57. The maximum atomic E-state index is 12.5. The zero-order valence-electron chi connectivity index (χ0n) is 17.5. The van der Waals surface area contributed by atoms with E-state index in [2.05, 4.69) is 10.6 Å². The molecule has 0 fully saturated rings. The van der Waals surface area contributed by atoms with Crippen molar-refractivity contribution in [1.29, 1.82) is 0 Å². The first-order chi connectivity index (χ1) is 14.3. The number of hydrogen-bond acceptors (Lipinski definition) is 6. The second-order valence-electron chi connectivity index (χ2n) is 7.41. The van der Waals surface area contributed by atoms with Gasteiger partial charge in [0.2, 0.25) is 11.8 Å². The Kier molecular flexibility index (Phi) is 6.56. The molecule has 0 saturated carbocycles. The third-order valence-corrected chi connectivity index (χ3v) is 5.13. The van der Waals surface area contributed by atoms with Gasteiger partial charge in [-0.05, 0) is 38.8 Å². The Labute approximate surface area is 173 Å². The number of nitrogens with two attached hydrogens (primary N) is 1. The highest BCUT2D eigenvalue weighted by Crippen LogP contribution is 2.34. The molecule has 0 aliphatic heterocycles. The summed E-state index contributed by atoms with van der Waals surface area (Å²) >= 11 is 0. The summed E-state index contributed by atoms with van der Waals surface area (Å²) in [5.74, 6) is 0.438. The number of aryl methyl sites for hydroxylation is 3. The highest BCUT2D eigenvalue weighted by molar-refractivity contribution is 6.01. The van der Waals surface area contributed by atoms with Gasteiger partial charge in [0.1, 0.15) is 16.9 Å². The van der Waals surface area contributed by atoms with Crippen LogP contribution in [0.15, 0.2) is 25.8 Å².